The van der Waals surface area contributed by atoms with E-state index >= 15 is 0 Å². The molecule has 0 heterocycles. The number of hydrogen-bond donors (Lipinski definition) is 2. The lowest BCUT2D eigenvalue weighted by Gasteiger charge is -2.18. The van der Waals surface area contributed by atoms with Crippen LogP contribution in [-0.4, -0.2) is 45.1 Å². The summed E-state index contributed by atoms with van der Waals surface area (Å²) in [5, 5.41) is 13.5. The van der Waals surface area contributed by atoms with Gasteiger partial charge >= 0.3 is 0 Å². The smallest absolute Gasteiger partial charge is 0.160 e. The number of ether oxygens (including phenoxy) is 3. The Morgan fingerprint density at radius 2 is 1.71 bits per heavy atom. The SMILES string of the molecule is COc1ccc(CCNCC(O)COc2cc(C)ccc2C(C)C)cc1OC. The fraction of sp³-hybridized carbons (Fsp3) is 0.478. The first kappa shape index (κ1) is 22.1. The van der Waals surface area contributed by atoms with E-state index in [-0.39, 0.29) is 6.61 Å². The van der Waals surface area contributed by atoms with Gasteiger partial charge in [-0.1, -0.05) is 32.0 Å². The number of hydrogen-bond acceptors (Lipinski definition) is 5. The van der Waals surface area contributed by atoms with Crippen LogP contribution in [0.5, 0.6) is 17.2 Å². The minimum absolute atomic E-state index is 0.270. The summed E-state index contributed by atoms with van der Waals surface area (Å²) >= 11 is 0. The molecule has 5 heteroatoms. The first-order valence-electron chi connectivity index (χ1n) is 9.77. The molecule has 154 valence electrons. The lowest BCUT2D eigenvalue weighted by molar-refractivity contribution is 0.106. The third kappa shape index (κ3) is 6.43. The second-order valence-corrected chi connectivity index (χ2v) is 7.30. The van der Waals surface area contributed by atoms with Crippen molar-refractivity contribution in [2.45, 2.75) is 39.2 Å². The molecular weight excluding hydrogens is 354 g/mol. The van der Waals surface area contributed by atoms with Crippen molar-refractivity contribution in [3.63, 3.8) is 0 Å². The van der Waals surface area contributed by atoms with Gasteiger partial charge in [0.05, 0.1) is 14.2 Å². The second-order valence-electron chi connectivity index (χ2n) is 7.30. The quantitative estimate of drug-likeness (QED) is 0.576. The molecule has 0 radical (unpaired) electrons. The van der Waals surface area contributed by atoms with Crippen molar-refractivity contribution in [3.05, 3.63) is 53.1 Å². The molecule has 1 atom stereocenters. The van der Waals surface area contributed by atoms with Crippen molar-refractivity contribution in [3.8, 4) is 17.2 Å². The van der Waals surface area contributed by atoms with E-state index in [9.17, 15) is 5.11 Å². The predicted octanol–water partition coefficient (Wildman–Crippen LogP) is 3.71. The molecule has 5 nitrogen and oxygen atoms in total. The van der Waals surface area contributed by atoms with Gasteiger partial charge in [0, 0.05) is 6.54 Å². The topological polar surface area (TPSA) is 60.0 Å². The van der Waals surface area contributed by atoms with Crippen LogP contribution in [0.4, 0.5) is 0 Å². The number of methoxy groups -OCH3 is 2. The summed E-state index contributed by atoms with van der Waals surface area (Å²) in [5.74, 6) is 2.70. The van der Waals surface area contributed by atoms with Crippen molar-refractivity contribution in [1.29, 1.82) is 0 Å². The van der Waals surface area contributed by atoms with Crippen LogP contribution in [0.3, 0.4) is 0 Å². The average Bonchev–Trinajstić information content (AvgIpc) is 2.69. The summed E-state index contributed by atoms with van der Waals surface area (Å²) in [6.45, 7) is 7.84. The largest absolute Gasteiger partial charge is 0.493 e. The van der Waals surface area contributed by atoms with Crippen molar-refractivity contribution in [2.75, 3.05) is 33.9 Å². The zero-order chi connectivity index (χ0) is 20.5. The Morgan fingerprint density at radius 3 is 2.39 bits per heavy atom. The summed E-state index contributed by atoms with van der Waals surface area (Å²) in [4.78, 5) is 0. The number of rotatable bonds is 11. The van der Waals surface area contributed by atoms with Crippen LogP contribution in [-0.2, 0) is 6.42 Å². The Morgan fingerprint density at radius 1 is 0.964 bits per heavy atom. The Balaban J connectivity index is 1.76. The van der Waals surface area contributed by atoms with Crippen LogP contribution in [0.2, 0.25) is 0 Å². The first-order chi connectivity index (χ1) is 13.4. The number of nitrogens with one attached hydrogen (secondary N) is 1. The Labute approximate surface area is 168 Å². The van der Waals surface area contributed by atoms with Crippen LogP contribution in [0.15, 0.2) is 36.4 Å². The summed E-state index contributed by atoms with van der Waals surface area (Å²) in [7, 11) is 3.26. The fourth-order valence-corrected chi connectivity index (χ4v) is 3.03. The summed E-state index contributed by atoms with van der Waals surface area (Å²) in [6, 6.07) is 12.1. The van der Waals surface area contributed by atoms with E-state index in [1.807, 2.05) is 31.2 Å². The van der Waals surface area contributed by atoms with E-state index in [2.05, 4.69) is 31.3 Å². The molecule has 0 saturated heterocycles. The number of aliphatic hydroxyl groups excluding tert-OH is 1. The molecule has 0 spiro atoms. The average molecular weight is 388 g/mol. The maximum atomic E-state index is 10.2. The van der Waals surface area contributed by atoms with Crippen LogP contribution in [0.1, 0.15) is 36.5 Å². The second kappa shape index (κ2) is 10.9. The van der Waals surface area contributed by atoms with Crippen molar-refractivity contribution in [2.24, 2.45) is 0 Å². The molecule has 0 aromatic heterocycles. The number of aliphatic hydroxyl groups is 1. The van der Waals surface area contributed by atoms with Gasteiger partial charge in [0.15, 0.2) is 11.5 Å². The van der Waals surface area contributed by atoms with Crippen molar-refractivity contribution >= 4 is 0 Å². The molecule has 0 aliphatic rings. The molecule has 2 aromatic carbocycles. The van der Waals surface area contributed by atoms with Crippen LogP contribution in [0, 0.1) is 6.92 Å². The molecule has 0 saturated carbocycles. The minimum atomic E-state index is -0.564. The molecule has 2 N–H and O–H groups in total. The third-order valence-electron chi connectivity index (χ3n) is 4.64. The number of benzene rings is 2. The highest BCUT2D eigenvalue weighted by Gasteiger charge is 2.11. The Hall–Kier alpha value is -2.24. The molecule has 0 aliphatic heterocycles. The zero-order valence-electron chi connectivity index (χ0n) is 17.6. The summed E-state index contributed by atoms with van der Waals surface area (Å²) in [6.07, 6.45) is 0.273. The highest BCUT2D eigenvalue weighted by atomic mass is 16.5. The maximum Gasteiger partial charge on any atom is 0.160 e. The highest BCUT2D eigenvalue weighted by Crippen LogP contribution is 2.28. The van der Waals surface area contributed by atoms with E-state index in [0.29, 0.717) is 12.5 Å². The van der Waals surface area contributed by atoms with Gasteiger partial charge in [-0.15, -0.1) is 0 Å². The molecule has 0 bridgehead atoms. The molecule has 1 unspecified atom stereocenters. The van der Waals surface area contributed by atoms with Crippen LogP contribution in [0.25, 0.3) is 0 Å². The van der Waals surface area contributed by atoms with Gasteiger partial charge in [0.2, 0.25) is 0 Å². The first-order valence-corrected chi connectivity index (χ1v) is 9.77. The van der Waals surface area contributed by atoms with E-state index in [0.717, 1.165) is 41.3 Å². The van der Waals surface area contributed by atoms with E-state index < -0.39 is 6.10 Å². The lowest BCUT2D eigenvalue weighted by Crippen LogP contribution is -2.32. The highest BCUT2D eigenvalue weighted by molar-refractivity contribution is 5.43. The Kier molecular flexibility index (Phi) is 8.61. The van der Waals surface area contributed by atoms with Gasteiger partial charge < -0.3 is 24.6 Å². The lowest BCUT2D eigenvalue weighted by atomic mass is 10.0. The van der Waals surface area contributed by atoms with E-state index in [1.165, 1.54) is 5.56 Å². The number of aryl methyl sites for hydroxylation is 1. The monoisotopic (exact) mass is 387 g/mol. The van der Waals surface area contributed by atoms with Crippen LogP contribution < -0.4 is 19.5 Å². The van der Waals surface area contributed by atoms with E-state index in [4.69, 9.17) is 14.2 Å². The van der Waals surface area contributed by atoms with Gasteiger partial charge in [-0.05, 0) is 60.7 Å². The van der Waals surface area contributed by atoms with Gasteiger partial charge in [0.25, 0.3) is 0 Å². The third-order valence-corrected chi connectivity index (χ3v) is 4.64. The molecule has 2 rings (SSSR count). The predicted molar refractivity (Wildman–Crippen MR) is 113 cm³/mol. The summed E-state index contributed by atoms with van der Waals surface area (Å²) < 4.78 is 16.5. The zero-order valence-corrected chi connectivity index (χ0v) is 17.6. The normalized spacial score (nSPS) is 12.1. The maximum absolute atomic E-state index is 10.2. The Bertz CT molecular complexity index is 745. The minimum Gasteiger partial charge on any atom is -0.493 e. The molecule has 0 aliphatic carbocycles. The fourth-order valence-electron chi connectivity index (χ4n) is 3.03. The molecular formula is C23H33NO4. The van der Waals surface area contributed by atoms with Gasteiger partial charge in [-0.3, -0.25) is 0 Å². The molecule has 2 aromatic rings. The van der Waals surface area contributed by atoms with Gasteiger partial charge in [-0.2, -0.15) is 0 Å². The molecule has 0 amide bonds. The van der Waals surface area contributed by atoms with Gasteiger partial charge in [0.1, 0.15) is 18.5 Å². The summed E-state index contributed by atoms with van der Waals surface area (Å²) in [5.41, 5.74) is 3.47. The van der Waals surface area contributed by atoms with E-state index in [1.54, 1.807) is 14.2 Å². The van der Waals surface area contributed by atoms with Crippen LogP contribution >= 0.6 is 0 Å². The van der Waals surface area contributed by atoms with Crippen molar-refractivity contribution < 1.29 is 19.3 Å². The molecule has 28 heavy (non-hydrogen) atoms. The molecule has 0 fully saturated rings. The van der Waals surface area contributed by atoms with Crippen molar-refractivity contribution in [1.82, 2.24) is 5.32 Å². The standard InChI is InChI=1S/C23H33NO4/c1-16(2)20-8-6-17(3)12-22(20)28-15-19(25)14-24-11-10-18-7-9-21(26-4)23(13-18)27-5/h6-9,12-13,16,19,24-25H,10-11,14-15H2,1-5H3. The van der Waals surface area contributed by atoms with Gasteiger partial charge in [-0.25, -0.2) is 0 Å².